The molecule has 0 saturated carbocycles. The lowest BCUT2D eigenvalue weighted by Gasteiger charge is -2.08. The summed E-state index contributed by atoms with van der Waals surface area (Å²) in [7, 11) is 1.38. The highest BCUT2D eigenvalue weighted by atomic mass is 16.5. The molecule has 0 aromatic heterocycles. The van der Waals surface area contributed by atoms with Gasteiger partial charge in [-0.1, -0.05) is 24.3 Å². The summed E-state index contributed by atoms with van der Waals surface area (Å²) in [5.74, 6) is -0.00104. The first-order valence-corrected chi connectivity index (χ1v) is 6.35. The van der Waals surface area contributed by atoms with Crippen LogP contribution in [0.15, 0.2) is 48.5 Å². The Morgan fingerprint density at radius 1 is 1.15 bits per heavy atom. The predicted octanol–water partition coefficient (Wildman–Crippen LogP) is 2.72. The summed E-state index contributed by atoms with van der Waals surface area (Å²) in [6.45, 7) is 0.607. The smallest absolute Gasteiger partial charge is 0.309 e. The van der Waals surface area contributed by atoms with Gasteiger partial charge >= 0.3 is 5.97 Å². The lowest BCUT2D eigenvalue weighted by Crippen LogP contribution is -2.05. The van der Waals surface area contributed by atoms with Crippen molar-refractivity contribution in [2.45, 2.75) is 13.0 Å². The van der Waals surface area contributed by atoms with E-state index in [1.54, 1.807) is 18.2 Å². The topological polar surface area (TPSA) is 58.6 Å². The van der Waals surface area contributed by atoms with E-state index in [-0.39, 0.29) is 18.1 Å². The molecular weight excluding hydrogens is 254 g/mol. The third kappa shape index (κ3) is 4.02. The number of nitrogens with one attached hydrogen (secondary N) is 1. The molecule has 0 aliphatic heterocycles. The number of rotatable bonds is 5. The second kappa shape index (κ2) is 6.61. The minimum Gasteiger partial charge on any atom is -0.508 e. The van der Waals surface area contributed by atoms with Crippen LogP contribution in [0.3, 0.4) is 0 Å². The van der Waals surface area contributed by atoms with E-state index in [9.17, 15) is 9.90 Å². The van der Waals surface area contributed by atoms with E-state index in [1.165, 1.54) is 7.11 Å². The minimum absolute atomic E-state index is 0.253. The number of ether oxygens (including phenoxy) is 1. The standard InChI is InChI=1S/C16H17NO3/c1-20-16(19)10-12-4-2-6-14(8-12)17-11-13-5-3-7-15(18)9-13/h2-9,17-18H,10-11H2,1H3. The van der Waals surface area contributed by atoms with Gasteiger partial charge < -0.3 is 15.2 Å². The third-order valence-electron chi connectivity index (χ3n) is 2.91. The lowest BCUT2D eigenvalue weighted by molar-refractivity contribution is -0.139. The molecule has 0 heterocycles. The van der Waals surface area contributed by atoms with E-state index in [4.69, 9.17) is 0 Å². The zero-order valence-corrected chi connectivity index (χ0v) is 11.3. The summed E-state index contributed by atoms with van der Waals surface area (Å²) < 4.78 is 4.65. The Labute approximate surface area is 118 Å². The normalized spacial score (nSPS) is 10.1. The van der Waals surface area contributed by atoms with Crippen molar-refractivity contribution in [1.82, 2.24) is 0 Å². The largest absolute Gasteiger partial charge is 0.508 e. The van der Waals surface area contributed by atoms with Crippen LogP contribution in [-0.2, 0) is 22.5 Å². The number of esters is 1. The van der Waals surface area contributed by atoms with Crippen LogP contribution in [0.5, 0.6) is 5.75 Å². The first kappa shape index (κ1) is 13.9. The molecule has 0 saturated heterocycles. The fourth-order valence-corrected chi connectivity index (χ4v) is 1.90. The zero-order valence-electron chi connectivity index (χ0n) is 11.3. The number of carbonyl (C=O) groups is 1. The molecule has 0 bridgehead atoms. The van der Waals surface area contributed by atoms with Crippen LogP contribution in [0.1, 0.15) is 11.1 Å². The molecule has 2 rings (SSSR count). The first-order valence-electron chi connectivity index (χ1n) is 6.35. The fraction of sp³-hybridized carbons (Fsp3) is 0.188. The molecule has 0 amide bonds. The van der Waals surface area contributed by atoms with Crippen molar-refractivity contribution in [3.8, 4) is 5.75 Å². The molecule has 0 unspecified atom stereocenters. The summed E-state index contributed by atoms with van der Waals surface area (Å²) in [5, 5.41) is 12.7. The van der Waals surface area contributed by atoms with Crippen molar-refractivity contribution in [3.05, 3.63) is 59.7 Å². The number of hydrogen-bond donors (Lipinski definition) is 2. The van der Waals surface area contributed by atoms with Gasteiger partial charge in [-0.2, -0.15) is 0 Å². The molecule has 2 aromatic carbocycles. The molecular formula is C16H17NO3. The lowest BCUT2D eigenvalue weighted by atomic mass is 10.1. The van der Waals surface area contributed by atoms with Crippen LogP contribution >= 0.6 is 0 Å². The van der Waals surface area contributed by atoms with Crippen LogP contribution in [0.4, 0.5) is 5.69 Å². The summed E-state index contributed by atoms with van der Waals surface area (Å²) in [5.41, 5.74) is 2.82. The molecule has 2 aromatic rings. The van der Waals surface area contributed by atoms with Crippen molar-refractivity contribution < 1.29 is 14.6 Å². The Kier molecular flexibility index (Phi) is 4.60. The second-order valence-electron chi connectivity index (χ2n) is 4.48. The first-order chi connectivity index (χ1) is 9.67. The zero-order chi connectivity index (χ0) is 14.4. The Morgan fingerprint density at radius 2 is 1.90 bits per heavy atom. The number of methoxy groups -OCH3 is 1. The van der Waals surface area contributed by atoms with Crippen LogP contribution < -0.4 is 5.32 Å². The average Bonchev–Trinajstić information content (AvgIpc) is 2.45. The highest BCUT2D eigenvalue weighted by molar-refractivity contribution is 5.72. The van der Waals surface area contributed by atoms with Gasteiger partial charge in [-0.05, 0) is 35.4 Å². The SMILES string of the molecule is COC(=O)Cc1cccc(NCc2cccc(O)c2)c1. The average molecular weight is 271 g/mol. The Bertz CT molecular complexity index is 596. The molecule has 0 spiro atoms. The molecule has 0 atom stereocenters. The van der Waals surface area contributed by atoms with Gasteiger partial charge in [-0.15, -0.1) is 0 Å². The molecule has 4 nitrogen and oxygen atoms in total. The quantitative estimate of drug-likeness (QED) is 0.821. The number of hydrogen-bond acceptors (Lipinski definition) is 4. The maximum Gasteiger partial charge on any atom is 0.309 e. The van der Waals surface area contributed by atoms with E-state index >= 15 is 0 Å². The monoisotopic (exact) mass is 271 g/mol. The van der Waals surface area contributed by atoms with Gasteiger partial charge in [0.15, 0.2) is 0 Å². The molecule has 104 valence electrons. The highest BCUT2D eigenvalue weighted by Gasteiger charge is 2.03. The second-order valence-corrected chi connectivity index (χ2v) is 4.48. The van der Waals surface area contributed by atoms with Crippen LogP contribution in [0.25, 0.3) is 0 Å². The van der Waals surface area contributed by atoms with E-state index in [2.05, 4.69) is 10.1 Å². The van der Waals surface area contributed by atoms with Gasteiger partial charge in [0, 0.05) is 12.2 Å². The van der Waals surface area contributed by atoms with Crippen LogP contribution in [-0.4, -0.2) is 18.2 Å². The van der Waals surface area contributed by atoms with Gasteiger partial charge in [-0.3, -0.25) is 4.79 Å². The number of phenols is 1. The highest BCUT2D eigenvalue weighted by Crippen LogP contribution is 2.15. The van der Waals surface area contributed by atoms with Gasteiger partial charge in [0.05, 0.1) is 13.5 Å². The van der Waals surface area contributed by atoms with Crippen molar-refractivity contribution in [3.63, 3.8) is 0 Å². The molecule has 4 heteroatoms. The van der Waals surface area contributed by atoms with Gasteiger partial charge in [0.25, 0.3) is 0 Å². The molecule has 0 radical (unpaired) electrons. The fourth-order valence-electron chi connectivity index (χ4n) is 1.90. The summed E-state index contributed by atoms with van der Waals surface area (Å²) in [6.07, 6.45) is 0.262. The summed E-state index contributed by atoms with van der Waals surface area (Å²) in [6, 6.07) is 14.7. The van der Waals surface area contributed by atoms with Crippen molar-refractivity contribution >= 4 is 11.7 Å². The van der Waals surface area contributed by atoms with Crippen LogP contribution in [0, 0.1) is 0 Å². The van der Waals surface area contributed by atoms with E-state index in [0.717, 1.165) is 16.8 Å². The van der Waals surface area contributed by atoms with E-state index < -0.39 is 0 Å². The molecule has 0 aliphatic carbocycles. The molecule has 2 N–H and O–H groups in total. The Balaban J connectivity index is 1.99. The van der Waals surface area contributed by atoms with Gasteiger partial charge in [-0.25, -0.2) is 0 Å². The predicted molar refractivity (Wildman–Crippen MR) is 77.6 cm³/mol. The van der Waals surface area contributed by atoms with Crippen molar-refractivity contribution in [2.75, 3.05) is 12.4 Å². The number of benzene rings is 2. The number of phenolic OH excluding ortho intramolecular Hbond substituents is 1. The maximum absolute atomic E-state index is 11.2. The number of aromatic hydroxyl groups is 1. The van der Waals surface area contributed by atoms with Gasteiger partial charge in [0.1, 0.15) is 5.75 Å². The van der Waals surface area contributed by atoms with Crippen molar-refractivity contribution in [2.24, 2.45) is 0 Å². The number of anilines is 1. The summed E-state index contributed by atoms with van der Waals surface area (Å²) in [4.78, 5) is 11.2. The molecule has 0 fully saturated rings. The van der Waals surface area contributed by atoms with E-state index in [1.807, 2.05) is 30.3 Å². The Hall–Kier alpha value is -2.49. The van der Waals surface area contributed by atoms with Gasteiger partial charge in [0.2, 0.25) is 0 Å². The minimum atomic E-state index is -0.255. The third-order valence-corrected chi connectivity index (χ3v) is 2.91. The molecule has 0 aliphatic rings. The van der Waals surface area contributed by atoms with Crippen molar-refractivity contribution in [1.29, 1.82) is 0 Å². The molecule has 20 heavy (non-hydrogen) atoms. The van der Waals surface area contributed by atoms with E-state index in [0.29, 0.717) is 6.54 Å². The summed E-state index contributed by atoms with van der Waals surface area (Å²) >= 11 is 0. The number of carbonyl (C=O) groups excluding carboxylic acids is 1. The maximum atomic E-state index is 11.2. The van der Waals surface area contributed by atoms with Crippen LogP contribution in [0.2, 0.25) is 0 Å². The Morgan fingerprint density at radius 3 is 2.65 bits per heavy atom.